The molecule has 0 unspecified atom stereocenters. The Morgan fingerprint density at radius 1 is 1.14 bits per heavy atom. The fourth-order valence-corrected chi connectivity index (χ4v) is 5.33. The summed E-state index contributed by atoms with van der Waals surface area (Å²) >= 11 is 7.44. The van der Waals surface area contributed by atoms with Gasteiger partial charge in [0.1, 0.15) is 22.2 Å². The van der Waals surface area contributed by atoms with E-state index in [0.717, 1.165) is 4.90 Å². The summed E-state index contributed by atoms with van der Waals surface area (Å²) in [5, 5.41) is 9.48. The lowest BCUT2D eigenvalue weighted by Gasteiger charge is -2.23. The summed E-state index contributed by atoms with van der Waals surface area (Å²) in [5.74, 6) is -1.78. The quantitative estimate of drug-likeness (QED) is 0.370. The standard InChI is InChI=1S/C25H19ClFN5O3S/c1-31-21(19(26)11-28-31)23-30-20(13-36-23)22(33)29-16(10-14-5-4-6-15(27)9-14)12-32-24(34)17-7-2-3-8-18(17)25(32)35/h2-9,11,13,16H,10,12H2,1H3,(H,29,33)/t16-/m0/s1. The average Bonchev–Trinajstić information content (AvgIpc) is 3.53. The molecule has 36 heavy (non-hydrogen) atoms. The van der Waals surface area contributed by atoms with E-state index in [1.807, 2.05) is 0 Å². The lowest BCUT2D eigenvalue weighted by atomic mass is 10.0. The molecule has 11 heteroatoms. The SMILES string of the molecule is Cn1ncc(Cl)c1-c1nc(C(=O)N[C@@H](Cc2cccc(F)c2)CN2C(=O)c3ccccc3C2=O)cs1. The monoisotopic (exact) mass is 523 g/mol. The maximum absolute atomic E-state index is 13.8. The van der Waals surface area contributed by atoms with Crippen molar-refractivity contribution in [2.75, 3.05) is 6.54 Å². The number of fused-ring (bicyclic) bond motifs is 1. The van der Waals surface area contributed by atoms with Crippen LogP contribution in [0, 0.1) is 5.82 Å². The van der Waals surface area contributed by atoms with Gasteiger partial charge in [-0.25, -0.2) is 9.37 Å². The highest BCUT2D eigenvalue weighted by atomic mass is 35.5. The van der Waals surface area contributed by atoms with Crippen LogP contribution in [-0.4, -0.2) is 50.0 Å². The van der Waals surface area contributed by atoms with Gasteiger partial charge in [0, 0.05) is 19.0 Å². The highest BCUT2D eigenvalue weighted by Crippen LogP contribution is 2.30. The van der Waals surface area contributed by atoms with Gasteiger partial charge in [-0.1, -0.05) is 35.9 Å². The van der Waals surface area contributed by atoms with E-state index >= 15 is 0 Å². The lowest BCUT2D eigenvalue weighted by molar-refractivity contribution is 0.0628. The molecule has 0 fully saturated rings. The third-order valence-corrected chi connectivity index (χ3v) is 6.95. The molecule has 1 aliphatic heterocycles. The summed E-state index contributed by atoms with van der Waals surface area (Å²) in [7, 11) is 1.72. The second kappa shape index (κ2) is 9.63. The number of aryl methyl sites for hydroxylation is 1. The van der Waals surface area contributed by atoms with E-state index in [9.17, 15) is 18.8 Å². The van der Waals surface area contributed by atoms with E-state index in [-0.39, 0.29) is 18.7 Å². The normalized spacial score (nSPS) is 13.7. The molecule has 5 rings (SSSR count). The molecule has 2 aromatic heterocycles. The van der Waals surface area contributed by atoms with Crippen LogP contribution in [0.2, 0.25) is 5.02 Å². The number of carbonyl (C=O) groups is 3. The Morgan fingerprint density at radius 2 is 1.86 bits per heavy atom. The Morgan fingerprint density at radius 3 is 2.50 bits per heavy atom. The average molecular weight is 524 g/mol. The fraction of sp³-hybridized carbons (Fsp3) is 0.160. The minimum Gasteiger partial charge on any atom is -0.346 e. The number of rotatable bonds is 7. The summed E-state index contributed by atoms with van der Waals surface area (Å²) < 4.78 is 15.4. The molecule has 4 aromatic rings. The topological polar surface area (TPSA) is 97.2 Å². The number of halogens is 2. The van der Waals surface area contributed by atoms with Gasteiger partial charge in [-0.3, -0.25) is 24.0 Å². The molecular weight excluding hydrogens is 505 g/mol. The van der Waals surface area contributed by atoms with E-state index in [2.05, 4.69) is 15.4 Å². The van der Waals surface area contributed by atoms with Gasteiger partial charge in [0.05, 0.1) is 28.4 Å². The van der Waals surface area contributed by atoms with Gasteiger partial charge in [-0.15, -0.1) is 11.3 Å². The largest absolute Gasteiger partial charge is 0.346 e. The zero-order chi connectivity index (χ0) is 25.4. The lowest BCUT2D eigenvalue weighted by Crippen LogP contribution is -2.47. The van der Waals surface area contributed by atoms with E-state index in [4.69, 9.17) is 11.6 Å². The van der Waals surface area contributed by atoms with Gasteiger partial charge in [0.2, 0.25) is 0 Å². The number of benzene rings is 2. The molecule has 0 saturated heterocycles. The van der Waals surface area contributed by atoms with Crippen molar-refractivity contribution in [3.8, 4) is 10.7 Å². The molecule has 0 aliphatic carbocycles. The molecule has 1 atom stereocenters. The predicted molar refractivity (Wildman–Crippen MR) is 132 cm³/mol. The van der Waals surface area contributed by atoms with E-state index in [1.54, 1.807) is 53.5 Å². The van der Waals surface area contributed by atoms with Crippen LogP contribution in [-0.2, 0) is 13.5 Å². The van der Waals surface area contributed by atoms with Gasteiger partial charge >= 0.3 is 0 Å². The zero-order valence-corrected chi connectivity index (χ0v) is 20.5. The van der Waals surface area contributed by atoms with Crippen LogP contribution in [0.4, 0.5) is 4.39 Å². The maximum atomic E-state index is 13.8. The highest BCUT2D eigenvalue weighted by Gasteiger charge is 2.36. The number of hydrogen-bond acceptors (Lipinski definition) is 6. The number of nitrogens with one attached hydrogen (secondary N) is 1. The molecule has 2 aromatic carbocycles. The van der Waals surface area contributed by atoms with Gasteiger partial charge < -0.3 is 5.32 Å². The van der Waals surface area contributed by atoms with Crippen molar-refractivity contribution in [1.29, 1.82) is 0 Å². The number of amides is 3. The Labute approximate surface area is 214 Å². The van der Waals surface area contributed by atoms with Crippen LogP contribution in [0.5, 0.6) is 0 Å². The molecule has 8 nitrogen and oxygen atoms in total. The third-order valence-electron chi connectivity index (χ3n) is 5.82. The van der Waals surface area contributed by atoms with Crippen LogP contribution in [0.3, 0.4) is 0 Å². The van der Waals surface area contributed by atoms with Crippen molar-refractivity contribution in [2.24, 2.45) is 7.05 Å². The van der Waals surface area contributed by atoms with Crippen molar-refractivity contribution in [3.63, 3.8) is 0 Å². The van der Waals surface area contributed by atoms with Crippen molar-refractivity contribution in [2.45, 2.75) is 12.5 Å². The van der Waals surface area contributed by atoms with Gasteiger partial charge in [-0.05, 0) is 36.2 Å². The molecule has 1 aliphatic rings. The Hall–Kier alpha value is -3.89. The van der Waals surface area contributed by atoms with Crippen LogP contribution in [0.1, 0.15) is 36.8 Å². The Balaban J connectivity index is 1.39. The van der Waals surface area contributed by atoms with Crippen LogP contribution in [0.15, 0.2) is 60.1 Å². The van der Waals surface area contributed by atoms with E-state index in [0.29, 0.717) is 32.4 Å². The Bertz CT molecular complexity index is 1450. The molecule has 0 spiro atoms. The molecule has 0 radical (unpaired) electrons. The first-order valence-electron chi connectivity index (χ1n) is 11.0. The molecule has 3 amide bonds. The smallest absolute Gasteiger partial charge is 0.271 e. The molecular formula is C25H19ClFN5O3S. The summed E-state index contributed by atoms with van der Waals surface area (Å²) in [4.78, 5) is 44.4. The number of aromatic nitrogens is 3. The first-order chi connectivity index (χ1) is 17.3. The second-order valence-corrected chi connectivity index (χ2v) is 9.54. The zero-order valence-electron chi connectivity index (χ0n) is 18.9. The van der Waals surface area contributed by atoms with Crippen LogP contribution in [0.25, 0.3) is 10.7 Å². The highest BCUT2D eigenvalue weighted by molar-refractivity contribution is 7.13. The predicted octanol–water partition coefficient (Wildman–Crippen LogP) is 3.97. The van der Waals surface area contributed by atoms with Crippen molar-refractivity contribution >= 4 is 40.7 Å². The van der Waals surface area contributed by atoms with Crippen molar-refractivity contribution in [3.05, 3.63) is 93.3 Å². The molecule has 3 heterocycles. The summed E-state index contributed by atoms with van der Waals surface area (Å²) in [6.45, 7) is -0.0842. The molecule has 182 valence electrons. The Kier molecular flexibility index (Phi) is 6.38. The summed E-state index contributed by atoms with van der Waals surface area (Å²) in [5.41, 5.74) is 1.98. The maximum Gasteiger partial charge on any atom is 0.271 e. The summed E-state index contributed by atoms with van der Waals surface area (Å²) in [6.07, 6.45) is 1.69. The number of carbonyl (C=O) groups excluding carboxylic acids is 3. The molecule has 1 N–H and O–H groups in total. The summed E-state index contributed by atoms with van der Waals surface area (Å²) in [6, 6.07) is 11.8. The minimum absolute atomic E-state index is 0.0842. The first kappa shape index (κ1) is 23.8. The van der Waals surface area contributed by atoms with Gasteiger partial charge in [-0.2, -0.15) is 5.10 Å². The first-order valence-corrected chi connectivity index (χ1v) is 12.2. The number of thiazole rings is 1. The number of imide groups is 1. The van der Waals surface area contributed by atoms with Gasteiger partial charge in [0.15, 0.2) is 0 Å². The van der Waals surface area contributed by atoms with Gasteiger partial charge in [0.25, 0.3) is 17.7 Å². The third kappa shape index (κ3) is 4.52. The van der Waals surface area contributed by atoms with E-state index < -0.39 is 29.6 Å². The second-order valence-electron chi connectivity index (χ2n) is 8.27. The molecule has 0 saturated carbocycles. The fourth-order valence-electron chi connectivity index (χ4n) is 4.13. The molecule has 0 bridgehead atoms. The van der Waals surface area contributed by atoms with E-state index in [1.165, 1.54) is 29.7 Å². The van der Waals surface area contributed by atoms with Crippen LogP contribution >= 0.6 is 22.9 Å². The number of hydrogen-bond donors (Lipinski definition) is 1. The van der Waals surface area contributed by atoms with Crippen molar-refractivity contribution in [1.82, 2.24) is 25.0 Å². The van der Waals surface area contributed by atoms with Crippen LogP contribution < -0.4 is 5.32 Å². The van der Waals surface area contributed by atoms with Crippen molar-refractivity contribution < 1.29 is 18.8 Å². The number of nitrogens with zero attached hydrogens (tertiary/aromatic N) is 4. The minimum atomic E-state index is -0.688.